The van der Waals surface area contributed by atoms with Crippen molar-refractivity contribution in [3.05, 3.63) is 46.5 Å². The normalized spacial score (nSPS) is 13.5. The van der Waals surface area contributed by atoms with Crippen LogP contribution >= 0.6 is 0 Å². The van der Waals surface area contributed by atoms with Gasteiger partial charge >= 0.3 is 5.97 Å². The van der Waals surface area contributed by atoms with Crippen molar-refractivity contribution in [3.8, 4) is 6.07 Å². The molecule has 2 aromatic carbocycles. The Kier molecular flexibility index (Phi) is 2.34. The quantitative estimate of drug-likeness (QED) is 0.715. The third kappa shape index (κ3) is 1.46. The van der Waals surface area contributed by atoms with E-state index in [4.69, 9.17) is 0 Å². The number of hydrogen-bond acceptors (Lipinski definition) is 2. The summed E-state index contributed by atoms with van der Waals surface area (Å²) in [4.78, 5) is 15.1. The van der Waals surface area contributed by atoms with Gasteiger partial charge in [-0.25, -0.2) is 4.79 Å². The Morgan fingerprint density at radius 2 is 2.00 bits per heavy atom. The molecular weight excluding hydrogens is 264 g/mol. The van der Waals surface area contributed by atoms with E-state index in [1.165, 1.54) is 0 Å². The van der Waals surface area contributed by atoms with Gasteiger partial charge in [-0.2, -0.15) is 5.26 Å². The highest BCUT2D eigenvalue weighted by Gasteiger charge is 2.28. The van der Waals surface area contributed by atoms with Crippen LogP contribution in [0, 0.1) is 11.3 Å². The van der Waals surface area contributed by atoms with Gasteiger partial charge in [0.25, 0.3) is 0 Å². The van der Waals surface area contributed by atoms with Crippen molar-refractivity contribution in [3.63, 3.8) is 0 Å². The molecule has 4 rings (SSSR count). The molecule has 4 nitrogen and oxygen atoms in total. The van der Waals surface area contributed by atoms with Crippen molar-refractivity contribution in [2.24, 2.45) is 0 Å². The molecule has 0 atom stereocenters. The summed E-state index contributed by atoms with van der Waals surface area (Å²) in [6, 6.07) is 9.86. The Morgan fingerprint density at radius 1 is 1.24 bits per heavy atom. The lowest BCUT2D eigenvalue weighted by atomic mass is 9.93. The van der Waals surface area contributed by atoms with E-state index in [1.807, 2.05) is 24.3 Å². The van der Waals surface area contributed by atoms with Crippen LogP contribution in [0.3, 0.4) is 0 Å². The van der Waals surface area contributed by atoms with E-state index in [-0.39, 0.29) is 11.1 Å². The number of aromatic carboxylic acids is 1. The Hall–Kier alpha value is -2.80. The van der Waals surface area contributed by atoms with Gasteiger partial charge < -0.3 is 10.1 Å². The summed E-state index contributed by atoms with van der Waals surface area (Å²) in [6.07, 6.45) is 2.54. The van der Waals surface area contributed by atoms with Crippen LogP contribution in [-0.2, 0) is 12.8 Å². The van der Waals surface area contributed by atoms with Crippen LogP contribution < -0.4 is 0 Å². The molecule has 0 unspecified atom stereocenters. The summed E-state index contributed by atoms with van der Waals surface area (Å²) in [5.41, 5.74) is 4.26. The number of hydrogen-bond donors (Lipinski definition) is 2. The second-order valence-electron chi connectivity index (χ2n) is 5.40. The minimum Gasteiger partial charge on any atom is -0.478 e. The van der Waals surface area contributed by atoms with Crippen molar-refractivity contribution in [1.29, 1.82) is 5.26 Å². The predicted molar refractivity (Wildman–Crippen MR) is 79.5 cm³/mol. The maximum Gasteiger partial charge on any atom is 0.337 e. The van der Waals surface area contributed by atoms with Gasteiger partial charge in [-0.1, -0.05) is 18.2 Å². The van der Waals surface area contributed by atoms with E-state index in [1.54, 1.807) is 0 Å². The number of H-pyrrole nitrogens is 1. The minimum absolute atomic E-state index is 0.197. The number of carboxylic acids is 1. The number of rotatable bonds is 1. The first-order valence-corrected chi connectivity index (χ1v) is 6.94. The average molecular weight is 276 g/mol. The number of aryl methyl sites for hydroxylation is 1. The lowest BCUT2D eigenvalue weighted by molar-refractivity contribution is 0.0695. The second kappa shape index (κ2) is 4.10. The standard InChI is InChI=1S/C17H12N2O2/c18-8-12-14-11-4-1-2-7-13(11)19-16(14)10-6-3-5-9(10)15(12)17(20)21/h1-2,4,7,19H,3,5-6H2,(H,20,21). The Balaban J connectivity index is 2.32. The van der Waals surface area contributed by atoms with E-state index in [0.29, 0.717) is 0 Å². The minimum atomic E-state index is -1.00. The van der Waals surface area contributed by atoms with Crippen LogP contribution in [0.1, 0.15) is 33.5 Å². The first kappa shape index (κ1) is 12.0. The van der Waals surface area contributed by atoms with Crippen molar-refractivity contribution in [2.45, 2.75) is 19.3 Å². The van der Waals surface area contributed by atoms with E-state index in [0.717, 1.165) is 52.2 Å². The summed E-state index contributed by atoms with van der Waals surface area (Å²) >= 11 is 0. The number of carboxylic acid groups (broad SMARTS) is 1. The molecule has 102 valence electrons. The molecule has 4 heteroatoms. The van der Waals surface area contributed by atoms with Gasteiger partial charge in [-0.15, -0.1) is 0 Å². The van der Waals surface area contributed by atoms with Gasteiger partial charge in [0.05, 0.1) is 16.6 Å². The monoisotopic (exact) mass is 276 g/mol. The molecule has 2 N–H and O–H groups in total. The molecule has 0 amide bonds. The van der Waals surface area contributed by atoms with Gasteiger partial charge in [0.15, 0.2) is 0 Å². The molecule has 1 aliphatic carbocycles. The topological polar surface area (TPSA) is 76.9 Å². The molecule has 1 heterocycles. The van der Waals surface area contributed by atoms with E-state index in [2.05, 4.69) is 11.1 Å². The second-order valence-corrected chi connectivity index (χ2v) is 5.40. The summed E-state index contributed by atoms with van der Waals surface area (Å²) in [7, 11) is 0. The third-order valence-electron chi connectivity index (χ3n) is 4.35. The summed E-state index contributed by atoms with van der Waals surface area (Å²) in [5.74, 6) is -1.00. The molecule has 1 aliphatic rings. The number of para-hydroxylation sites is 1. The molecule has 0 saturated heterocycles. The number of aromatic nitrogens is 1. The maximum atomic E-state index is 11.7. The van der Waals surface area contributed by atoms with Crippen LogP contribution in [0.4, 0.5) is 0 Å². The van der Waals surface area contributed by atoms with Crippen molar-refractivity contribution in [2.75, 3.05) is 0 Å². The molecule has 21 heavy (non-hydrogen) atoms. The molecule has 0 bridgehead atoms. The van der Waals surface area contributed by atoms with Crippen LogP contribution in [0.25, 0.3) is 21.8 Å². The number of nitrogens with zero attached hydrogens (tertiary/aromatic N) is 1. The highest BCUT2D eigenvalue weighted by Crippen LogP contribution is 2.39. The lowest BCUT2D eigenvalue weighted by Gasteiger charge is -2.09. The van der Waals surface area contributed by atoms with Crippen molar-refractivity contribution >= 4 is 27.8 Å². The fourth-order valence-corrected chi connectivity index (χ4v) is 3.55. The molecule has 0 saturated carbocycles. The molecule has 1 aromatic heterocycles. The molecule has 0 spiro atoms. The maximum absolute atomic E-state index is 11.7. The number of carbonyl (C=O) groups is 1. The number of aromatic amines is 1. The van der Waals surface area contributed by atoms with Crippen molar-refractivity contribution < 1.29 is 9.90 Å². The molecule has 0 radical (unpaired) electrons. The third-order valence-corrected chi connectivity index (χ3v) is 4.35. The molecule has 0 fully saturated rings. The zero-order valence-corrected chi connectivity index (χ0v) is 11.2. The van der Waals surface area contributed by atoms with E-state index >= 15 is 0 Å². The Bertz CT molecular complexity index is 960. The number of benzene rings is 2. The number of nitriles is 1. The highest BCUT2D eigenvalue weighted by molar-refractivity contribution is 6.15. The molecule has 3 aromatic rings. The predicted octanol–water partition coefficient (Wildman–Crippen LogP) is 3.38. The first-order valence-electron chi connectivity index (χ1n) is 6.94. The van der Waals surface area contributed by atoms with Crippen LogP contribution in [0.5, 0.6) is 0 Å². The molecular formula is C17H12N2O2. The summed E-state index contributed by atoms with van der Waals surface area (Å²) in [6.45, 7) is 0. The lowest BCUT2D eigenvalue weighted by Crippen LogP contribution is -2.06. The number of fused-ring (bicyclic) bond motifs is 5. The zero-order valence-electron chi connectivity index (χ0n) is 11.2. The van der Waals surface area contributed by atoms with Crippen molar-refractivity contribution in [1.82, 2.24) is 4.98 Å². The molecule has 0 aliphatic heterocycles. The largest absolute Gasteiger partial charge is 0.478 e. The van der Waals surface area contributed by atoms with E-state index < -0.39 is 5.97 Å². The fourth-order valence-electron chi connectivity index (χ4n) is 3.55. The Morgan fingerprint density at radius 3 is 2.76 bits per heavy atom. The van der Waals surface area contributed by atoms with Gasteiger partial charge in [0, 0.05) is 16.3 Å². The van der Waals surface area contributed by atoms with Gasteiger partial charge in [0.2, 0.25) is 0 Å². The Labute approximate surface area is 120 Å². The summed E-state index contributed by atoms with van der Waals surface area (Å²) < 4.78 is 0. The van der Waals surface area contributed by atoms with Crippen LogP contribution in [0.15, 0.2) is 24.3 Å². The SMILES string of the molecule is N#Cc1c(C(=O)O)c2c(c3[nH]c4ccccc4c13)CCC2. The fraction of sp³-hybridized carbons (Fsp3) is 0.176. The number of nitrogens with one attached hydrogen (secondary N) is 1. The first-order chi connectivity index (χ1) is 10.2. The van der Waals surface area contributed by atoms with Gasteiger partial charge in [0.1, 0.15) is 6.07 Å². The van der Waals surface area contributed by atoms with E-state index in [9.17, 15) is 15.2 Å². The van der Waals surface area contributed by atoms with Crippen LogP contribution in [0.2, 0.25) is 0 Å². The smallest absolute Gasteiger partial charge is 0.337 e. The van der Waals surface area contributed by atoms with Crippen LogP contribution in [-0.4, -0.2) is 16.1 Å². The highest BCUT2D eigenvalue weighted by atomic mass is 16.4. The van der Waals surface area contributed by atoms with Gasteiger partial charge in [-0.3, -0.25) is 0 Å². The van der Waals surface area contributed by atoms with Gasteiger partial charge in [-0.05, 0) is 36.5 Å². The summed E-state index contributed by atoms with van der Waals surface area (Å²) in [5, 5.41) is 20.8. The zero-order chi connectivity index (χ0) is 14.6. The average Bonchev–Trinajstić information content (AvgIpc) is 3.09.